The predicted molar refractivity (Wildman–Crippen MR) is 180 cm³/mol. The number of carboxylic acids is 3. The number of carboxylic acid groups (broad SMARTS) is 3. The molecule has 268 valence electrons. The summed E-state index contributed by atoms with van der Waals surface area (Å²) < 4.78 is 18.8. The first-order chi connectivity index (χ1) is 23.3. The molecule has 0 heterocycles. The summed E-state index contributed by atoms with van der Waals surface area (Å²) in [6.45, 7) is 2.14. The SMILES string of the molecule is CCCCCCCC(=O)CCCCCC/C=C/[C@H](C(=O)N[C@@H](Cc1ccc(Oc2ccc(F)cc2)cc1)C(=O)O)[C@@](O)(CC(=O)O)C(=O)O. The molecule has 3 atom stereocenters. The lowest BCUT2D eigenvalue weighted by Crippen LogP contribution is -2.55. The van der Waals surface area contributed by atoms with Gasteiger partial charge in [-0.3, -0.25) is 14.4 Å². The second kappa shape index (κ2) is 21.4. The fourth-order valence-electron chi connectivity index (χ4n) is 5.26. The van der Waals surface area contributed by atoms with Gasteiger partial charge in [0.25, 0.3) is 0 Å². The molecule has 5 N–H and O–H groups in total. The minimum Gasteiger partial charge on any atom is -0.481 e. The number of rotatable bonds is 25. The summed E-state index contributed by atoms with van der Waals surface area (Å²) in [6.07, 6.45) is 11.0. The summed E-state index contributed by atoms with van der Waals surface area (Å²) in [7, 11) is 0. The highest BCUT2D eigenvalue weighted by atomic mass is 19.1. The number of nitrogens with one attached hydrogen (secondary N) is 1. The number of carbonyl (C=O) groups excluding carboxylic acids is 2. The topological polar surface area (TPSA) is 188 Å². The van der Waals surface area contributed by atoms with Gasteiger partial charge in [0.1, 0.15) is 29.1 Å². The van der Waals surface area contributed by atoms with Crippen molar-refractivity contribution in [3.05, 3.63) is 72.1 Å². The molecule has 2 aromatic rings. The zero-order valence-electron chi connectivity index (χ0n) is 27.9. The van der Waals surface area contributed by atoms with Crippen LogP contribution in [0.1, 0.15) is 96.0 Å². The standard InChI is InChI=1S/C37H48FNO10/c1-2-3-4-7-10-13-28(40)14-11-8-5-6-9-12-15-31(37(48,36(46)47)25-33(41)42)34(43)39-32(35(44)45)24-26-16-20-29(21-17-26)49-30-22-18-27(38)19-23-30/h12,15-23,31-32,48H,2-11,13-14,24-25H2,1H3,(H,39,43)(H,41,42)(H,44,45)(H,46,47)/b15-12+/t31-,32+,37+/m1/s1. The predicted octanol–water partition coefficient (Wildman–Crippen LogP) is 6.46. The summed E-state index contributed by atoms with van der Waals surface area (Å²) in [6, 6.07) is 10.0. The molecule has 0 fully saturated rings. The van der Waals surface area contributed by atoms with Crippen molar-refractivity contribution in [2.24, 2.45) is 5.92 Å². The smallest absolute Gasteiger partial charge is 0.337 e. The van der Waals surface area contributed by atoms with E-state index in [9.17, 15) is 48.8 Å². The second-order valence-electron chi connectivity index (χ2n) is 12.2. The van der Waals surface area contributed by atoms with Crippen molar-refractivity contribution >= 4 is 29.6 Å². The van der Waals surface area contributed by atoms with Gasteiger partial charge in [0.05, 0.1) is 12.3 Å². The molecular weight excluding hydrogens is 637 g/mol. The van der Waals surface area contributed by atoms with Gasteiger partial charge in [0.15, 0.2) is 5.60 Å². The van der Waals surface area contributed by atoms with Crippen molar-refractivity contribution in [1.29, 1.82) is 0 Å². The highest BCUT2D eigenvalue weighted by molar-refractivity contribution is 5.94. The van der Waals surface area contributed by atoms with Gasteiger partial charge in [0.2, 0.25) is 5.91 Å². The minimum absolute atomic E-state index is 0.222. The molecule has 0 spiro atoms. The fourth-order valence-corrected chi connectivity index (χ4v) is 5.26. The normalized spacial score (nSPS) is 13.7. The Hall–Kier alpha value is -4.58. The Bertz CT molecular complexity index is 1390. The number of amides is 1. The van der Waals surface area contributed by atoms with Crippen LogP contribution in [0.5, 0.6) is 11.5 Å². The van der Waals surface area contributed by atoms with E-state index in [1.54, 1.807) is 24.3 Å². The zero-order valence-corrected chi connectivity index (χ0v) is 27.9. The number of allylic oxidation sites excluding steroid dienone is 1. The molecule has 0 aliphatic rings. The quantitative estimate of drug-likeness (QED) is 0.0573. The molecule has 0 aromatic heterocycles. The van der Waals surface area contributed by atoms with Crippen LogP contribution in [0.4, 0.5) is 4.39 Å². The van der Waals surface area contributed by atoms with Gasteiger partial charge >= 0.3 is 17.9 Å². The van der Waals surface area contributed by atoms with Crippen LogP contribution in [-0.2, 0) is 30.4 Å². The van der Waals surface area contributed by atoms with Gasteiger partial charge < -0.3 is 30.5 Å². The summed E-state index contributed by atoms with van der Waals surface area (Å²) in [4.78, 5) is 61.0. The molecule has 0 aliphatic heterocycles. The van der Waals surface area contributed by atoms with Gasteiger partial charge in [-0.25, -0.2) is 14.0 Å². The molecule has 0 saturated heterocycles. The van der Waals surface area contributed by atoms with Crippen LogP contribution >= 0.6 is 0 Å². The van der Waals surface area contributed by atoms with Crippen molar-refractivity contribution in [2.75, 3.05) is 0 Å². The van der Waals surface area contributed by atoms with Crippen molar-refractivity contribution < 1.29 is 53.5 Å². The minimum atomic E-state index is -3.05. The lowest BCUT2D eigenvalue weighted by atomic mass is 9.82. The van der Waals surface area contributed by atoms with Crippen molar-refractivity contribution in [3.8, 4) is 11.5 Å². The number of aliphatic hydroxyl groups is 1. The lowest BCUT2D eigenvalue weighted by molar-refractivity contribution is -0.172. The van der Waals surface area contributed by atoms with E-state index in [1.807, 2.05) is 0 Å². The maximum atomic E-state index is 13.3. The van der Waals surface area contributed by atoms with E-state index < -0.39 is 53.6 Å². The van der Waals surface area contributed by atoms with Crippen LogP contribution in [0.3, 0.4) is 0 Å². The second-order valence-corrected chi connectivity index (χ2v) is 12.2. The summed E-state index contributed by atoms with van der Waals surface area (Å²) in [5.74, 6) is -7.53. The number of ether oxygens (including phenoxy) is 1. The van der Waals surface area contributed by atoms with Crippen LogP contribution in [0.15, 0.2) is 60.7 Å². The first kappa shape index (κ1) is 40.6. The highest BCUT2D eigenvalue weighted by Crippen LogP contribution is 2.26. The van der Waals surface area contributed by atoms with Gasteiger partial charge in [-0.2, -0.15) is 0 Å². The third kappa shape index (κ3) is 15.0. The molecule has 12 heteroatoms. The van der Waals surface area contributed by atoms with E-state index in [-0.39, 0.29) is 12.2 Å². The van der Waals surface area contributed by atoms with Crippen molar-refractivity contribution in [3.63, 3.8) is 0 Å². The average molecular weight is 686 g/mol. The molecule has 0 aliphatic carbocycles. The number of unbranched alkanes of at least 4 members (excludes halogenated alkanes) is 8. The molecule has 0 unspecified atom stereocenters. The monoisotopic (exact) mass is 685 g/mol. The number of aliphatic carboxylic acids is 3. The number of benzene rings is 2. The van der Waals surface area contributed by atoms with Crippen LogP contribution < -0.4 is 10.1 Å². The van der Waals surface area contributed by atoms with Crippen molar-refractivity contribution in [2.45, 2.75) is 108 Å². The molecular formula is C37H48FNO10. The summed E-state index contributed by atoms with van der Waals surface area (Å²) in [5, 5.41) is 42.1. The van der Waals surface area contributed by atoms with E-state index in [4.69, 9.17) is 4.74 Å². The molecule has 0 bridgehead atoms. The van der Waals surface area contributed by atoms with E-state index in [1.165, 1.54) is 36.8 Å². The molecule has 0 radical (unpaired) electrons. The Morgan fingerprint density at radius 1 is 0.816 bits per heavy atom. The first-order valence-electron chi connectivity index (χ1n) is 16.8. The molecule has 2 aromatic carbocycles. The number of carbonyl (C=O) groups is 5. The summed E-state index contributed by atoms with van der Waals surface area (Å²) >= 11 is 0. The van der Waals surface area contributed by atoms with E-state index in [2.05, 4.69) is 12.2 Å². The first-order valence-corrected chi connectivity index (χ1v) is 16.8. The summed E-state index contributed by atoms with van der Waals surface area (Å²) in [5.41, 5.74) is -2.58. The number of Topliss-reactive ketones (excluding diaryl/α,β-unsaturated/α-hetero) is 1. The number of halogens is 1. The lowest BCUT2D eigenvalue weighted by Gasteiger charge is -2.29. The van der Waals surface area contributed by atoms with Crippen molar-refractivity contribution in [1.82, 2.24) is 5.32 Å². The van der Waals surface area contributed by atoms with Crippen LogP contribution in [0.2, 0.25) is 0 Å². The Balaban J connectivity index is 2.01. The Morgan fingerprint density at radius 2 is 1.37 bits per heavy atom. The highest BCUT2D eigenvalue weighted by Gasteiger charge is 2.49. The Labute approximate surface area is 286 Å². The third-order valence-corrected chi connectivity index (χ3v) is 8.08. The molecule has 1 amide bonds. The molecule has 2 rings (SSSR count). The number of ketones is 1. The van der Waals surface area contributed by atoms with Gasteiger partial charge in [-0.15, -0.1) is 0 Å². The maximum absolute atomic E-state index is 13.3. The molecule has 0 saturated carbocycles. The maximum Gasteiger partial charge on any atom is 0.337 e. The largest absolute Gasteiger partial charge is 0.481 e. The average Bonchev–Trinajstić information content (AvgIpc) is 3.04. The van der Waals surface area contributed by atoms with Crippen LogP contribution in [0, 0.1) is 11.7 Å². The molecule has 11 nitrogen and oxygen atoms in total. The fraction of sp³-hybridized carbons (Fsp3) is 0.486. The number of hydrogen-bond acceptors (Lipinski definition) is 7. The van der Waals surface area contributed by atoms with E-state index in [0.29, 0.717) is 42.7 Å². The van der Waals surface area contributed by atoms with E-state index >= 15 is 0 Å². The van der Waals surface area contributed by atoms with Crippen LogP contribution in [0.25, 0.3) is 0 Å². The van der Waals surface area contributed by atoms with Gasteiger partial charge in [-0.1, -0.05) is 69.7 Å². The van der Waals surface area contributed by atoms with Gasteiger partial charge in [-0.05, 0) is 67.6 Å². The Morgan fingerprint density at radius 3 is 1.90 bits per heavy atom. The Kier molecular flexibility index (Phi) is 17.7. The van der Waals surface area contributed by atoms with E-state index in [0.717, 1.165) is 51.0 Å². The van der Waals surface area contributed by atoms with Gasteiger partial charge in [0, 0.05) is 19.3 Å². The molecule has 49 heavy (non-hydrogen) atoms. The zero-order chi connectivity index (χ0) is 36.2. The van der Waals surface area contributed by atoms with Crippen LogP contribution in [-0.4, -0.2) is 61.7 Å². The number of hydrogen-bond donors (Lipinski definition) is 5. The third-order valence-electron chi connectivity index (χ3n) is 8.08.